The summed E-state index contributed by atoms with van der Waals surface area (Å²) in [5.41, 5.74) is 1.40. The second-order valence-electron chi connectivity index (χ2n) is 4.52. The third-order valence-corrected chi connectivity index (χ3v) is 3.12. The average molecular weight is 235 g/mol. The van der Waals surface area contributed by atoms with Gasteiger partial charge in [0.25, 0.3) is 5.91 Å². The standard InChI is InChI=1S/C12H17N3O2/c1-8-4-3-5-9(6-8)14-11(16)10-7-13-12(17)15(10)2/h6-7,9H,3-5H2,1-2H3,(H,13,17)(H,14,16). The maximum Gasteiger partial charge on any atom is 0.325 e. The van der Waals surface area contributed by atoms with E-state index in [0.717, 1.165) is 19.3 Å². The van der Waals surface area contributed by atoms with E-state index in [1.807, 2.05) is 0 Å². The minimum absolute atomic E-state index is 0.0845. The van der Waals surface area contributed by atoms with Gasteiger partial charge in [-0.25, -0.2) is 4.79 Å². The van der Waals surface area contributed by atoms with Gasteiger partial charge in [-0.1, -0.05) is 11.6 Å². The van der Waals surface area contributed by atoms with Gasteiger partial charge in [0, 0.05) is 19.3 Å². The van der Waals surface area contributed by atoms with Crippen LogP contribution >= 0.6 is 0 Å². The molecule has 1 unspecified atom stereocenters. The summed E-state index contributed by atoms with van der Waals surface area (Å²) in [5.74, 6) is -0.207. The monoisotopic (exact) mass is 235 g/mol. The van der Waals surface area contributed by atoms with Gasteiger partial charge in [0.1, 0.15) is 5.69 Å². The first kappa shape index (κ1) is 11.7. The molecule has 0 fully saturated rings. The predicted octanol–water partition coefficient (Wildman–Crippen LogP) is 0.942. The van der Waals surface area contributed by atoms with Crippen molar-refractivity contribution in [3.8, 4) is 0 Å². The number of H-pyrrole nitrogens is 1. The van der Waals surface area contributed by atoms with Crippen LogP contribution in [-0.2, 0) is 7.05 Å². The zero-order valence-electron chi connectivity index (χ0n) is 10.1. The SMILES string of the molecule is CC1=CC(NC(=O)c2c[nH]c(=O)n2C)CCC1. The zero-order chi connectivity index (χ0) is 12.4. The van der Waals surface area contributed by atoms with E-state index in [2.05, 4.69) is 23.3 Å². The Morgan fingerprint density at radius 2 is 2.35 bits per heavy atom. The molecular weight excluding hydrogens is 218 g/mol. The lowest BCUT2D eigenvalue weighted by Crippen LogP contribution is -2.36. The van der Waals surface area contributed by atoms with Gasteiger partial charge in [0.05, 0.1) is 0 Å². The van der Waals surface area contributed by atoms with Gasteiger partial charge in [0.15, 0.2) is 0 Å². The first-order valence-corrected chi connectivity index (χ1v) is 5.80. The maximum atomic E-state index is 11.9. The molecule has 0 saturated carbocycles. The van der Waals surface area contributed by atoms with Crippen LogP contribution in [-0.4, -0.2) is 21.5 Å². The van der Waals surface area contributed by atoms with Gasteiger partial charge in [-0.2, -0.15) is 0 Å². The Morgan fingerprint density at radius 1 is 1.59 bits per heavy atom. The van der Waals surface area contributed by atoms with E-state index in [-0.39, 0.29) is 17.6 Å². The van der Waals surface area contributed by atoms with Crippen molar-refractivity contribution in [3.63, 3.8) is 0 Å². The maximum absolute atomic E-state index is 11.9. The fourth-order valence-corrected chi connectivity index (χ4v) is 2.12. The van der Waals surface area contributed by atoms with Crippen molar-refractivity contribution in [1.29, 1.82) is 0 Å². The molecule has 1 aliphatic carbocycles. The number of rotatable bonds is 2. The van der Waals surface area contributed by atoms with Crippen LogP contribution in [0.5, 0.6) is 0 Å². The normalized spacial score (nSPS) is 19.9. The molecule has 1 aliphatic rings. The highest BCUT2D eigenvalue weighted by Gasteiger charge is 2.17. The number of amides is 1. The Balaban J connectivity index is 2.09. The molecule has 0 aromatic carbocycles. The Labute approximate surface area is 99.5 Å². The van der Waals surface area contributed by atoms with Crippen LogP contribution in [0.15, 0.2) is 22.6 Å². The third kappa shape index (κ3) is 2.49. The predicted molar refractivity (Wildman–Crippen MR) is 64.9 cm³/mol. The van der Waals surface area contributed by atoms with Crippen LogP contribution in [0.4, 0.5) is 0 Å². The van der Waals surface area contributed by atoms with Gasteiger partial charge >= 0.3 is 5.69 Å². The molecule has 5 nitrogen and oxygen atoms in total. The van der Waals surface area contributed by atoms with Crippen molar-refractivity contribution in [2.75, 3.05) is 0 Å². The molecule has 1 aromatic heterocycles. The molecule has 92 valence electrons. The second-order valence-corrected chi connectivity index (χ2v) is 4.52. The summed E-state index contributed by atoms with van der Waals surface area (Å²) in [6.45, 7) is 2.07. The molecule has 0 spiro atoms. The number of aromatic nitrogens is 2. The van der Waals surface area contributed by atoms with Crippen molar-refractivity contribution in [2.24, 2.45) is 7.05 Å². The summed E-state index contributed by atoms with van der Waals surface area (Å²) < 4.78 is 1.31. The fraction of sp³-hybridized carbons (Fsp3) is 0.500. The summed E-state index contributed by atoms with van der Waals surface area (Å²) >= 11 is 0. The lowest BCUT2D eigenvalue weighted by Gasteiger charge is -2.20. The van der Waals surface area contributed by atoms with Gasteiger partial charge in [-0.3, -0.25) is 9.36 Å². The summed E-state index contributed by atoms with van der Waals surface area (Å²) in [6, 6.07) is 0.0845. The van der Waals surface area contributed by atoms with Crippen LogP contribution < -0.4 is 11.0 Å². The molecule has 1 atom stereocenters. The van der Waals surface area contributed by atoms with Gasteiger partial charge < -0.3 is 10.3 Å². The second kappa shape index (κ2) is 4.61. The third-order valence-electron chi connectivity index (χ3n) is 3.12. The zero-order valence-corrected chi connectivity index (χ0v) is 10.1. The van der Waals surface area contributed by atoms with Gasteiger partial charge in [-0.05, 0) is 26.2 Å². The molecule has 5 heteroatoms. The van der Waals surface area contributed by atoms with E-state index < -0.39 is 0 Å². The van der Waals surface area contributed by atoms with Crippen molar-refractivity contribution in [1.82, 2.24) is 14.9 Å². The molecule has 1 aromatic rings. The lowest BCUT2D eigenvalue weighted by molar-refractivity contribution is 0.0933. The van der Waals surface area contributed by atoms with E-state index in [4.69, 9.17) is 0 Å². The van der Waals surface area contributed by atoms with E-state index in [1.54, 1.807) is 7.05 Å². The van der Waals surface area contributed by atoms with Gasteiger partial charge in [-0.15, -0.1) is 0 Å². The van der Waals surface area contributed by atoms with E-state index in [0.29, 0.717) is 5.69 Å². The summed E-state index contributed by atoms with van der Waals surface area (Å²) in [6.07, 6.45) is 6.69. The first-order valence-electron chi connectivity index (χ1n) is 5.80. The quantitative estimate of drug-likeness (QED) is 0.749. The Morgan fingerprint density at radius 3 is 2.94 bits per heavy atom. The van der Waals surface area contributed by atoms with E-state index in [1.165, 1.54) is 16.3 Å². The van der Waals surface area contributed by atoms with Crippen molar-refractivity contribution in [2.45, 2.75) is 32.2 Å². The number of hydrogen-bond acceptors (Lipinski definition) is 2. The number of nitrogens with one attached hydrogen (secondary N) is 2. The van der Waals surface area contributed by atoms with Crippen LogP contribution in [0.25, 0.3) is 0 Å². The molecule has 0 aliphatic heterocycles. The number of imidazole rings is 1. The minimum atomic E-state index is -0.273. The Kier molecular flexibility index (Phi) is 3.17. The number of allylic oxidation sites excluding steroid dienone is 1. The summed E-state index contributed by atoms with van der Waals surface area (Å²) in [4.78, 5) is 25.6. The van der Waals surface area contributed by atoms with Crippen molar-refractivity contribution >= 4 is 5.91 Å². The molecular formula is C12H17N3O2. The summed E-state index contributed by atoms with van der Waals surface area (Å²) in [7, 11) is 1.58. The van der Waals surface area contributed by atoms with Crippen LogP contribution in [0.2, 0.25) is 0 Å². The average Bonchev–Trinajstić information content (AvgIpc) is 2.60. The number of nitrogens with zero attached hydrogens (tertiary/aromatic N) is 1. The highest BCUT2D eigenvalue weighted by Crippen LogP contribution is 2.17. The van der Waals surface area contributed by atoms with Crippen LogP contribution in [0, 0.1) is 0 Å². The van der Waals surface area contributed by atoms with Crippen molar-refractivity contribution < 1.29 is 4.79 Å². The molecule has 0 radical (unpaired) electrons. The highest BCUT2D eigenvalue weighted by molar-refractivity contribution is 5.92. The molecule has 2 rings (SSSR count). The molecule has 0 saturated heterocycles. The van der Waals surface area contributed by atoms with Crippen molar-refractivity contribution in [3.05, 3.63) is 34.0 Å². The first-order chi connectivity index (χ1) is 8.08. The van der Waals surface area contributed by atoms with E-state index in [9.17, 15) is 9.59 Å². The lowest BCUT2D eigenvalue weighted by atomic mass is 9.97. The smallest absolute Gasteiger partial charge is 0.325 e. The van der Waals surface area contributed by atoms with Gasteiger partial charge in [0.2, 0.25) is 0 Å². The molecule has 2 N–H and O–H groups in total. The van der Waals surface area contributed by atoms with Crippen LogP contribution in [0.1, 0.15) is 36.7 Å². The molecule has 1 amide bonds. The number of hydrogen-bond donors (Lipinski definition) is 2. The molecule has 0 bridgehead atoms. The number of carbonyl (C=O) groups is 1. The number of aromatic amines is 1. The molecule has 1 heterocycles. The van der Waals surface area contributed by atoms with E-state index >= 15 is 0 Å². The Bertz CT molecular complexity index is 510. The topological polar surface area (TPSA) is 66.9 Å². The number of carbonyl (C=O) groups excluding carboxylic acids is 1. The largest absolute Gasteiger partial charge is 0.345 e. The fourth-order valence-electron chi connectivity index (χ4n) is 2.12. The highest BCUT2D eigenvalue weighted by atomic mass is 16.2. The Hall–Kier alpha value is -1.78. The minimum Gasteiger partial charge on any atom is -0.345 e. The molecule has 17 heavy (non-hydrogen) atoms. The summed E-state index contributed by atoms with van der Waals surface area (Å²) in [5, 5.41) is 2.92. The van der Waals surface area contributed by atoms with Crippen LogP contribution in [0.3, 0.4) is 0 Å².